The molecule has 0 unspecified atom stereocenters. The molecule has 3 rings (SSSR count). The zero-order valence-electron chi connectivity index (χ0n) is 13.5. The van der Waals surface area contributed by atoms with Crippen LogP contribution < -0.4 is 0 Å². The van der Waals surface area contributed by atoms with Crippen molar-refractivity contribution in [3.8, 4) is 0 Å². The van der Waals surface area contributed by atoms with Gasteiger partial charge in [-0.25, -0.2) is 0 Å². The van der Waals surface area contributed by atoms with Crippen LogP contribution in [0.25, 0.3) is 0 Å². The number of hydrogen-bond donors (Lipinski definition) is 0. The molecule has 0 bridgehead atoms. The smallest absolute Gasteiger partial charge is 0.246 e. The molecule has 1 aromatic rings. The largest absolute Gasteiger partial charge is 0.340 e. The second kappa shape index (κ2) is 7.34. The van der Waals surface area contributed by atoms with Gasteiger partial charge in [0.2, 0.25) is 11.8 Å². The molecule has 0 aromatic carbocycles. The number of rotatable bonds is 4. The van der Waals surface area contributed by atoms with E-state index in [0.717, 1.165) is 31.2 Å². The minimum atomic E-state index is -0.306. The van der Waals surface area contributed by atoms with Crippen LogP contribution in [0, 0.1) is 5.92 Å². The number of likely N-dealkylation sites (N-methyl/N-ethyl adjacent to an activating group) is 1. The lowest BCUT2D eigenvalue weighted by Crippen LogP contribution is -2.49. The predicted octanol–water partition coefficient (Wildman–Crippen LogP) is 2.13. The molecule has 2 aliphatic rings. The molecule has 1 aliphatic carbocycles. The Kier molecular flexibility index (Phi) is 5.20. The van der Waals surface area contributed by atoms with Crippen LogP contribution in [0.4, 0.5) is 0 Å². The van der Waals surface area contributed by atoms with Crippen molar-refractivity contribution in [1.29, 1.82) is 0 Å². The first-order chi connectivity index (χ1) is 11.2. The van der Waals surface area contributed by atoms with Crippen molar-refractivity contribution < 1.29 is 9.59 Å². The van der Waals surface area contributed by atoms with E-state index in [1.54, 1.807) is 29.1 Å². The Morgan fingerprint density at radius 3 is 2.70 bits per heavy atom. The van der Waals surface area contributed by atoms with Crippen LogP contribution in [-0.2, 0) is 16.1 Å². The zero-order chi connectivity index (χ0) is 16.2. The van der Waals surface area contributed by atoms with Crippen LogP contribution in [0.1, 0.15) is 31.2 Å². The van der Waals surface area contributed by atoms with Crippen LogP contribution in [0.2, 0.25) is 0 Å². The summed E-state index contributed by atoms with van der Waals surface area (Å²) in [6, 6.07) is 3.52. The maximum atomic E-state index is 12.8. The van der Waals surface area contributed by atoms with E-state index in [-0.39, 0.29) is 23.8 Å². The van der Waals surface area contributed by atoms with Crippen molar-refractivity contribution in [1.82, 2.24) is 14.8 Å². The summed E-state index contributed by atoms with van der Waals surface area (Å²) in [5, 5.41) is 0. The zero-order valence-corrected chi connectivity index (χ0v) is 14.3. The van der Waals surface area contributed by atoms with E-state index in [9.17, 15) is 9.59 Å². The number of carbonyl (C=O) groups is 2. The first kappa shape index (κ1) is 16.3. The second-order valence-electron chi connectivity index (χ2n) is 6.35. The molecule has 2 amide bonds. The Bertz CT molecular complexity index is 560. The molecule has 1 atom stereocenters. The average molecular weight is 333 g/mol. The topological polar surface area (TPSA) is 53.5 Å². The van der Waals surface area contributed by atoms with Gasteiger partial charge in [0.1, 0.15) is 6.04 Å². The minimum absolute atomic E-state index is 0.0400. The first-order valence-electron chi connectivity index (χ1n) is 8.19. The normalized spacial score (nSPS) is 21.6. The summed E-state index contributed by atoms with van der Waals surface area (Å²) in [6.07, 6.45) is 7.70. The molecule has 1 aliphatic heterocycles. The second-order valence-corrected chi connectivity index (χ2v) is 7.35. The highest BCUT2D eigenvalue weighted by Gasteiger charge is 2.39. The van der Waals surface area contributed by atoms with Crippen molar-refractivity contribution in [2.45, 2.75) is 38.3 Å². The Morgan fingerprint density at radius 2 is 2.00 bits per heavy atom. The number of thioether (sulfide) groups is 1. The van der Waals surface area contributed by atoms with Gasteiger partial charge in [-0.1, -0.05) is 12.8 Å². The molecule has 1 saturated carbocycles. The number of pyridine rings is 1. The van der Waals surface area contributed by atoms with Gasteiger partial charge in [0.15, 0.2) is 0 Å². The van der Waals surface area contributed by atoms with E-state index in [0.29, 0.717) is 18.2 Å². The third-order valence-electron chi connectivity index (χ3n) is 4.70. The summed E-state index contributed by atoms with van der Waals surface area (Å²) in [4.78, 5) is 33.0. The average Bonchev–Trinajstić information content (AvgIpc) is 3.26. The maximum absolute atomic E-state index is 12.8. The molecule has 2 fully saturated rings. The molecule has 6 heteroatoms. The third-order valence-corrected chi connectivity index (χ3v) is 5.71. The molecule has 1 saturated heterocycles. The van der Waals surface area contributed by atoms with Crippen molar-refractivity contribution in [2.75, 3.05) is 18.7 Å². The molecule has 2 heterocycles. The number of hydrogen-bond acceptors (Lipinski definition) is 4. The molecule has 124 valence electrons. The lowest BCUT2D eigenvalue weighted by atomic mass is 10.1. The summed E-state index contributed by atoms with van der Waals surface area (Å²) >= 11 is 1.68. The van der Waals surface area contributed by atoms with Crippen LogP contribution >= 0.6 is 11.8 Å². The maximum Gasteiger partial charge on any atom is 0.246 e. The highest BCUT2D eigenvalue weighted by atomic mass is 32.2. The van der Waals surface area contributed by atoms with Crippen molar-refractivity contribution in [3.05, 3.63) is 30.1 Å². The minimum Gasteiger partial charge on any atom is -0.340 e. The van der Waals surface area contributed by atoms with Crippen LogP contribution in [0.5, 0.6) is 0 Å². The van der Waals surface area contributed by atoms with Crippen molar-refractivity contribution >= 4 is 23.6 Å². The first-order valence-corrected chi connectivity index (χ1v) is 9.34. The Hall–Kier alpha value is -1.56. The molecular weight excluding hydrogens is 310 g/mol. The van der Waals surface area contributed by atoms with E-state index < -0.39 is 0 Å². The fraction of sp³-hybridized carbons (Fsp3) is 0.588. The van der Waals surface area contributed by atoms with Crippen molar-refractivity contribution in [2.24, 2.45) is 5.92 Å². The van der Waals surface area contributed by atoms with E-state index in [1.165, 1.54) is 0 Å². The molecule has 5 nitrogen and oxygen atoms in total. The monoisotopic (exact) mass is 333 g/mol. The molecular formula is C17H23N3O2S. The summed E-state index contributed by atoms with van der Waals surface area (Å²) in [6.45, 7) is 0.550. The van der Waals surface area contributed by atoms with E-state index in [1.807, 2.05) is 24.1 Å². The Morgan fingerprint density at radius 1 is 1.30 bits per heavy atom. The number of aromatic nitrogens is 1. The van der Waals surface area contributed by atoms with Gasteiger partial charge in [0, 0.05) is 37.7 Å². The van der Waals surface area contributed by atoms with Crippen LogP contribution in [-0.4, -0.2) is 51.3 Å². The highest BCUT2D eigenvalue weighted by molar-refractivity contribution is 7.99. The Labute approximate surface area is 141 Å². The predicted molar refractivity (Wildman–Crippen MR) is 90.6 cm³/mol. The molecule has 0 radical (unpaired) electrons. The number of nitrogens with zero attached hydrogens (tertiary/aromatic N) is 3. The molecule has 1 aromatic heterocycles. The van der Waals surface area contributed by atoms with Gasteiger partial charge >= 0.3 is 0 Å². The molecule has 0 spiro atoms. The van der Waals surface area contributed by atoms with Gasteiger partial charge in [-0.3, -0.25) is 14.6 Å². The quantitative estimate of drug-likeness (QED) is 0.847. The number of amides is 2. The fourth-order valence-corrected chi connectivity index (χ4v) is 4.52. The fourth-order valence-electron chi connectivity index (χ4n) is 3.37. The van der Waals surface area contributed by atoms with E-state index >= 15 is 0 Å². The standard InChI is InChI=1S/C17H23N3O2S/c1-19(10-13-6-8-18-9-7-13)17(22)15-11-23-12-20(15)16(21)14-4-2-3-5-14/h6-9,14-15H,2-5,10-12H2,1H3/t15-/m1/s1. The number of carbonyl (C=O) groups excluding carboxylic acids is 2. The SMILES string of the molecule is CN(Cc1ccncc1)C(=O)[C@H]1CSCN1C(=O)C1CCCC1. The van der Waals surface area contributed by atoms with Gasteiger partial charge < -0.3 is 9.80 Å². The van der Waals surface area contributed by atoms with Gasteiger partial charge in [-0.2, -0.15) is 0 Å². The van der Waals surface area contributed by atoms with Crippen LogP contribution in [0.3, 0.4) is 0 Å². The summed E-state index contributed by atoms with van der Waals surface area (Å²) in [5.74, 6) is 1.71. The Balaban J connectivity index is 1.64. The molecule has 23 heavy (non-hydrogen) atoms. The van der Waals surface area contributed by atoms with Crippen LogP contribution in [0.15, 0.2) is 24.5 Å². The summed E-state index contributed by atoms with van der Waals surface area (Å²) in [5.41, 5.74) is 1.05. The lowest BCUT2D eigenvalue weighted by Gasteiger charge is -2.29. The third kappa shape index (κ3) is 3.68. The van der Waals surface area contributed by atoms with Gasteiger partial charge in [0.05, 0.1) is 5.88 Å². The summed E-state index contributed by atoms with van der Waals surface area (Å²) < 4.78 is 0. The summed E-state index contributed by atoms with van der Waals surface area (Å²) in [7, 11) is 1.81. The van der Waals surface area contributed by atoms with E-state index in [4.69, 9.17) is 0 Å². The van der Waals surface area contributed by atoms with Gasteiger partial charge in [-0.15, -0.1) is 11.8 Å². The lowest BCUT2D eigenvalue weighted by molar-refractivity contribution is -0.145. The van der Waals surface area contributed by atoms with Gasteiger partial charge in [0.25, 0.3) is 0 Å². The van der Waals surface area contributed by atoms with Crippen molar-refractivity contribution in [3.63, 3.8) is 0 Å². The van der Waals surface area contributed by atoms with Gasteiger partial charge in [-0.05, 0) is 30.5 Å². The van der Waals surface area contributed by atoms with E-state index in [2.05, 4.69) is 4.98 Å². The highest BCUT2D eigenvalue weighted by Crippen LogP contribution is 2.31. The molecule has 0 N–H and O–H groups in total.